The van der Waals surface area contributed by atoms with Gasteiger partial charge < -0.3 is 14.6 Å². The van der Waals surface area contributed by atoms with Gasteiger partial charge in [-0.25, -0.2) is 8.42 Å². The van der Waals surface area contributed by atoms with Crippen molar-refractivity contribution in [2.45, 2.75) is 12.3 Å². The fraction of sp³-hybridized carbons (Fsp3) is 0.348. The molecular formula is C23H27N3O4S. The second-order valence-corrected chi connectivity index (χ2v) is 10.1. The Hall–Kier alpha value is -2.68. The molecule has 1 aliphatic heterocycles. The van der Waals surface area contributed by atoms with Crippen LogP contribution in [0.4, 0.5) is 5.69 Å². The molecule has 0 aliphatic carbocycles. The quantitative estimate of drug-likeness (QED) is 0.610. The van der Waals surface area contributed by atoms with Gasteiger partial charge in [-0.3, -0.25) is 9.69 Å². The number of hydrogen-bond donors (Lipinski definition) is 1. The van der Waals surface area contributed by atoms with Crippen LogP contribution in [-0.2, 0) is 26.9 Å². The van der Waals surface area contributed by atoms with Crippen molar-refractivity contribution < 1.29 is 17.9 Å². The van der Waals surface area contributed by atoms with Gasteiger partial charge in [-0.15, -0.1) is 0 Å². The average Bonchev–Trinajstić information content (AvgIpc) is 3.14. The molecule has 0 unspecified atom stereocenters. The van der Waals surface area contributed by atoms with Gasteiger partial charge in [-0.2, -0.15) is 0 Å². The summed E-state index contributed by atoms with van der Waals surface area (Å²) in [5.74, 6) is -0.259. The maximum Gasteiger partial charge on any atom is 0.255 e. The molecule has 1 fully saturated rings. The van der Waals surface area contributed by atoms with Crippen molar-refractivity contribution in [1.29, 1.82) is 0 Å². The number of nitrogens with zero attached hydrogens (tertiary/aromatic N) is 2. The summed E-state index contributed by atoms with van der Waals surface area (Å²) in [7, 11) is -3.10. The zero-order valence-corrected chi connectivity index (χ0v) is 18.4. The van der Waals surface area contributed by atoms with E-state index in [1.54, 1.807) is 24.3 Å². The molecule has 164 valence electrons. The lowest BCUT2D eigenvalue weighted by molar-refractivity contribution is 0.0365. The molecule has 0 atom stereocenters. The van der Waals surface area contributed by atoms with Crippen LogP contribution in [0.2, 0.25) is 0 Å². The van der Waals surface area contributed by atoms with E-state index in [1.807, 2.05) is 18.2 Å². The monoisotopic (exact) mass is 441 g/mol. The van der Waals surface area contributed by atoms with E-state index in [0.717, 1.165) is 56.0 Å². The van der Waals surface area contributed by atoms with E-state index in [2.05, 4.69) is 27.0 Å². The maximum atomic E-state index is 12.6. The largest absolute Gasteiger partial charge is 0.379 e. The van der Waals surface area contributed by atoms with E-state index < -0.39 is 9.84 Å². The molecule has 4 rings (SSSR count). The molecule has 2 aromatic carbocycles. The molecule has 0 bridgehead atoms. The SMILES string of the molecule is CS(=O)(=O)Cc1ccc(C(=O)Nc2ccc3c(ccn3CCN3CCOCC3)c2)cc1. The first-order valence-corrected chi connectivity index (χ1v) is 12.4. The molecule has 1 aromatic heterocycles. The van der Waals surface area contributed by atoms with Gasteiger partial charge in [-0.05, 0) is 42.0 Å². The van der Waals surface area contributed by atoms with Gasteiger partial charge in [0.05, 0.1) is 19.0 Å². The van der Waals surface area contributed by atoms with E-state index in [9.17, 15) is 13.2 Å². The smallest absolute Gasteiger partial charge is 0.255 e. The van der Waals surface area contributed by atoms with Gasteiger partial charge in [0.25, 0.3) is 5.91 Å². The minimum atomic E-state index is -3.10. The lowest BCUT2D eigenvalue weighted by Crippen LogP contribution is -2.38. The molecule has 0 radical (unpaired) electrons. The van der Waals surface area contributed by atoms with E-state index in [0.29, 0.717) is 11.1 Å². The van der Waals surface area contributed by atoms with Crippen molar-refractivity contribution in [3.8, 4) is 0 Å². The molecule has 0 spiro atoms. The second kappa shape index (κ2) is 9.21. The summed E-state index contributed by atoms with van der Waals surface area (Å²) < 4.78 is 30.4. The molecule has 1 aliphatic rings. The molecule has 7 nitrogen and oxygen atoms in total. The number of carbonyl (C=O) groups is 1. The predicted molar refractivity (Wildman–Crippen MR) is 122 cm³/mol. The van der Waals surface area contributed by atoms with Gasteiger partial charge in [0, 0.05) is 60.8 Å². The zero-order valence-electron chi connectivity index (χ0n) is 17.6. The van der Waals surface area contributed by atoms with Crippen LogP contribution in [0.1, 0.15) is 15.9 Å². The van der Waals surface area contributed by atoms with Crippen LogP contribution in [0.25, 0.3) is 10.9 Å². The van der Waals surface area contributed by atoms with Gasteiger partial charge in [0.15, 0.2) is 9.84 Å². The Labute approximate surface area is 182 Å². The van der Waals surface area contributed by atoms with Crippen LogP contribution in [0.5, 0.6) is 0 Å². The highest BCUT2D eigenvalue weighted by Gasteiger charge is 2.12. The van der Waals surface area contributed by atoms with Gasteiger partial charge in [0.2, 0.25) is 0 Å². The minimum Gasteiger partial charge on any atom is -0.379 e. The third-order valence-electron chi connectivity index (χ3n) is 5.43. The van der Waals surface area contributed by atoms with Gasteiger partial charge in [-0.1, -0.05) is 12.1 Å². The van der Waals surface area contributed by atoms with Crippen LogP contribution in [0.3, 0.4) is 0 Å². The summed E-state index contributed by atoms with van der Waals surface area (Å²) in [6, 6.07) is 14.6. The Morgan fingerprint density at radius 2 is 1.77 bits per heavy atom. The summed E-state index contributed by atoms with van der Waals surface area (Å²) in [5.41, 5.74) is 3.01. The molecule has 0 saturated carbocycles. The summed E-state index contributed by atoms with van der Waals surface area (Å²) in [6.45, 7) is 5.46. The number of amides is 1. The summed E-state index contributed by atoms with van der Waals surface area (Å²) in [4.78, 5) is 15.0. The van der Waals surface area contributed by atoms with Crippen molar-refractivity contribution in [2.24, 2.45) is 0 Å². The molecule has 3 aromatic rings. The van der Waals surface area contributed by atoms with Crippen LogP contribution >= 0.6 is 0 Å². The van der Waals surface area contributed by atoms with E-state index in [-0.39, 0.29) is 11.7 Å². The standard InChI is InChI=1S/C23H27N3O4S/c1-31(28,29)17-18-2-4-19(5-3-18)23(27)24-21-6-7-22-20(16-21)8-9-26(22)11-10-25-12-14-30-15-13-25/h2-9,16H,10-15,17H2,1H3,(H,24,27). The predicted octanol–water partition coefficient (Wildman–Crippen LogP) is 2.77. The summed E-state index contributed by atoms with van der Waals surface area (Å²) in [5, 5.41) is 3.99. The molecular weight excluding hydrogens is 414 g/mol. The molecule has 31 heavy (non-hydrogen) atoms. The van der Waals surface area contributed by atoms with E-state index in [4.69, 9.17) is 4.74 Å². The summed E-state index contributed by atoms with van der Waals surface area (Å²) >= 11 is 0. The van der Waals surface area contributed by atoms with Gasteiger partial charge in [0.1, 0.15) is 0 Å². The Bertz CT molecular complexity index is 1160. The Kier molecular flexibility index (Phi) is 6.41. The number of carbonyl (C=O) groups excluding carboxylic acids is 1. The lowest BCUT2D eigenvalue weighted by atomic mass is 10.1. The first kappa shape index (κ1) is 21.5. The minimum absolute atomic E-state index is 0.0336. The van der Waals surface area contributed by atoms with Crippen molar-refractivity contribution in [1.82, 2.24) is 9.47 Å². The van der Waals surface area contributed by atoms with Crippen molar-refractivity contribution in [3.63, 3.8) is 0 Å². The number of morpholine rings is 1. The topological polar surface area (TPSA) is 80.6 Å². The van der Waals surface area contributed by atoms with Crippen LogP contribution in [-0.4, -0.2) is 62.9 Å². The normalized spacial score (nSPS) is 15.3. The fourth-order valence-corrected chi connectivity index (χ4v) is 4.60. The second-order valence-electron chi connectivity index (χ2n) is 7.96. The van der Waals surface area contributed by atoms with Crippen LogP contribution < -0.4 is 5.32 Å². The van der Waals surface area contributed by atoms with Gasteiger partial charge >= 0.3 is 0 Å². The number of hydrogen-bond acceptors (Lipinski definition) is 5. The van der Waals surface area contributed by atoms with Crippen LogP contribution in [0, 0.1) is 0 Å². The van der Waals surface area contributed by atoms with E-state index in [1.165, 1.54) is 6.26 Å². The molecule has 1 N–H and O–H groups in total. The Balaban J connectivity index is 1.40. The first-order valence-electron chi connectivity index (χ1n) is 10.3. The van der Waals surface area contributed by atoms with Crippen molar-refractivity contribution >= 4 is 32.3 Å². The highest BCUT2D eigenvalue weighted by atomic mass is 32.2. The van der Waals surface area contributed by atoms with Crippen molar-refractivity contribution in [2.75, 3.05) is 44.4 Å². The number of ether oxygens (including phenoxy) is 1. The number of rotatable bonds is 7. The first-order chi connectivity index (χ1) is 14.9. The lowest BCUT2D eigenvalue weighted by Gasteiger charge is -2.26. The number of aromatic nitrogens is 1. The Morgan fingerprint density at radius 3 is 2.48 bits per heavy atom. The van der Waals surface area contributed by atoms with Crippen molar-refractivity contribution in [3.05, 3.63) is 65.9 Å². The summed E-state index contributed by atoms with van der Waals surface area (Å²) in [6.07, 6.45) is 3.27. The maximum absolute atomic E-state index is 12.6. The molecule has 8 heteroatoms. The highest BCUT2D eigenvalue weighted by molar-refractivity contribution is 7.89. The Morgan fingerprint density at radius 1 is 1.03 bits per heavy atom. The highest BCUT2D eigenvalue weighted by Crippen LogP contribution is 2.21. The molecule has 1 saturated heterocycles. The number of anilines is 1. The number of sulfone groups is 1. The molecule has 2 heterocycles. The van der Waals surface area contributed by atoms with E-state index >= 15 is 0 Å². The number of nitrogens with one attached hydrogen (secondary N) is 1. The zero-order chi connectivity index (χ0) is 21.8. The number of fused-ring (bicyclic) bond motifs is 1. The molecule has 1 amide bonds. The third kappa shape index (κ3) is 5.72. The average molecular weight is 442 g/mol. The van der Waals surface area contributed by atoms with Crippen LogP contribution in [0.15, 0.2) is 54.7 Å². The third-order valence-corrected chi connectivity index (χ3v) is 6.29. The fourth-order valence-electron chi connectivity index (χ4n) is 3.81. The number of benzene rings is 2.